The third kappa shape index (κ3) is 7.05. The molecule has 1 atom stereocenters. The summed E-state index contributed by atoms with van der Waals surface area (Å²) in [6.07, 6.45) is 0.907. The number of sulfonamides is 1. The van der Waals surface area contributed by atoms with E-state index in [0.717, 1.165) is 22.2 Å². The largest absolute Gasteiger partial charge is 0.350 e. The highest BCUT2D eigenvalue weighted by atomic mass is 32.2. The Morgan fingerprint density at radius 2 is 1.59 bits per heavy atom. The van der Waals surface area contributed by atoms with Crippen LogP contribution in [0, 0.1) is 5.82 Å². The number of anilines is 1. The van der Waals surface area contributed by atoms with Crippen molar-refractivity contribution >= 4 is 27.5 Å². The van der Waals surface area contributed by atoms with Crippen molar-refractivity contribution < 1.29 is 22.4 Å². The van der Waals surface area contributed by atoms with Crippen molar-refractivity contribution in [1.82, 2.24) is 10.2 Å². The smallest absolute Gasteiger partial charge is 0.244 e. The van der Waals surface area contributed by atoms with Crippen molar-refractivity contribution in [2.45, 2.75) is 45.8 Å². The van der Waals surface area contributed by atoms with E-state index in [2.05, 4.69) is 5.32 Å². The molecule has 7 nitrogen and oxygen atoms in total. The fourth-order valence-corrected chi connectivity index (χ4v) is 3.94. The fourth-order valence-electron chi connectivity index (χ4n) is 3.09. The Morgan fingerprint density at radius 3 is 2.12 bits per heavy atom. The summed E-state index contributed by atoms with van der Waals surface area (Å²) in [6, 6.07) is 13.5. The Kier molecular flexibility index (Phi) is 8.01. The average Bonchev–Trinajstić information content (AvgIpc) is 2.69. The molecule has 0 aliphatic heterocycles. The van der Waals surface area contributed by atoms with E-state index in [0.29, 0.717) is 0 Å². The Bertz CT molecular complexity index is 1050. The third-order valence-electron chi connectivity index (χ3n) is 4.66. The molecule has 0 bridgehead atoms. The Hall–Kier alpha value is -2.94. The predicted octanol–water partition coefficient (Wildman–Crippen LogP) is 2.92. The Labute approximate surface area is 189 Å². The first-order valence-electron chi connectivity index (χ1n) is 10.2. The molecule has 0 aliphatic rings. The first-order chi connectivity index (χ1) is 14.8. The van der Waals surface area contributed by atoms with Crippen molar-refractivity contribution in [3.63, 3.8) is 0 Å². The van der Waals surface area contributed by atoms with E-state index in [-0.39, 0.29) is 18.1 Å². The van der Waals surface area contributed by atoms with Gasteiger partial charge in [0.1, 0.15) is 18.4 Å². The van der Waals surface area contributed by atoms with Gasteiger partial charge >= 0.3 is 0 Å². The van der Waals surface area contributed by atoms with Crippen LogP contribution in [0.2, 0.25) is 0 Å². The zero-order valence-corrected chi connectivity index (χ0v) is 19.8. The zero-order chi connectivity index (χ0) is 24.1. The van der Waals surface area contributed by atoms with Crippen molar-refractivity contribution in [2.24, 2.45) is 0 Å². The number of rotatable bonds is 8. The summed E-state index contributed by atoms with van der Waals surface area (Å²) >= 11 is 0. The van der Waals surface area contributed by atoms with Crippen molar-refractivity contribution in [3.8, 4) is 0 Å². The van der Waals surface area contributed by atoms with Crippen LogP contribution in [-0.2, 0) is 26.2 Å². The van der Waals surface area contributed by atoms with Crippen LogP contribution in [0.5, 0.6) is 0 Å². The number of carbonyl (C=O) groups is 2. The second-order valence-corrected chi connectivity index (χ2v) is 10.6. The number of nitrogens with one attached hydrogen (secondary N) is 1. The lowest BCUT2D eigenvalue weighted by molar-refractivity contribution is -0.140. The molecule has 1 N–H and O–H groups in total. The molecule has 0 fully saturated rings. The molecule has 9 heteroatoms. The van der Waals surface area contributed by atoms with Gasteiger partial charge < -0.3 is 10.2 Å². The van der Waals surface area contributed by atoms with Crippen LogP contribution >= 0.6 is 0 Å². The average molecular weight is 464 g/mol. The number of hydrogen-bond donors (Lipinski definition) is 1. The van der Waals surface area contributed by atoms with Crippen LogP contribution in [0.15, 0.2) is 54.6 Å². The highest BCUT2D eigenvalue weighted by molar-refractivity contribution is 7.92. The molecule has 0 saturated carbocycles. The number of carbonyl (C=O) groups excluding carboxylic acids is 2. The van der Waals surface area contributed by atoms with Crippen molar-refractivity contribution in [2.75, 3.05) is 17.1 Å². The van der Waals surface area contributed by atoms with Gasteiger partial charge in [-0.05, 0) is 45.4 Å². The van der Waals surface area contributed by atoms with Crippen LogP contribution in [0.3, 0.4) is 0 Å². The lowest BCUT2D eigenvalue weighted by Crippen LogP contribution is -2.54. The standard InChI is InChI=1S/C23H30FN3O4S/c1-17(22(29)25-23(2,3)4)26(15-18-11-7-6-8-12-18)21(28)16-27(32(5,30)31)20-14-10-9-13-19(20)24/h6-14,17H,15-16H2,1-5H3,(H,25,29)/t17-/m1/s1. The molecular formula is C23H30FN3O4S. The molecule has 174 valence electrons. The van der Waals surface area contributed by atoms with E-state index in [1.165, 1.54) is 23.1 Å². The monoisotopic (exact) mass is 463 g/mol. The van der Waals surface area contributed by atoms with Gasteiger partial charge in [-0.2, -0.15) is 0 Å². The van der Waals surface area contributed by atoms with E-state index in [1.807, 2.05) is 26.8 Å². The first-order valence-corrected chi connectivity index (χ1v) is 12.0. The molecule has 2 amide bonds. The van der Waals surface area contributed by atoms with Gasteiger partial charge in [-0.3, -0.25) is 13.9 Å². The summed E-state index contributed by atoms with van der Waals surface area (Å²) in [7, 11) is -3.97. The van der Waals surface area contributed by atoms with Gasteiger partial charge in [0.2, 0.25) is 21.8 Å². The Morgan fingerprint density at radius 1 is 1.03 bits per heavy atom. The third-order valence-corrected chi connectivity index (χ3v) is 5.79. The molecule has 0 spiro atoms. The lowest BCUT2D eigenvalue weighted by Gasteiger charge is -2.33. The molecular weight excluding hydrogens is 433 g/mol. The lowest BCUT2D eigenvalue weighted by atomic mass is 10.1. The van der Waals surface area contributed by atoms with Crippen LogP contribution in [-0.4, -0.2) is 49.5 Å². The van der Waals surface area contributed by atoms with E-state index >= 15 is 0 Å². The van der Waals surface area contributed by atoms with E-state index in [9.17, 15) is 22.4 Å². The van der Waals surface area contributed by atoms with Gasteiger partial charge in [0, 0.05) is 12.1 Å². The molecule has 0 aromatic heterocycles. The quantitative estimate of drug-likeness (QED) is 0.652. The minimum atomic E-state index is -3.97. The molecule has 0 aliphatic carbocycles. The summed E-state index contributed by atoms with van der Waals surface area (Å²) in [5, 5.41) is 2.84. The Balaban J connectivity index is 2.39. The molecule has 0 saturated heterocycles. The molecule has 2 aromatic carbocycles. The second-order valence-electron chi connectivity index (χ2n) is 8.64. The minimum Gasteiger partial charge on any atom is -0.350 e. The zero-order valence-electron chi connectivity index (χ0n) is 19.0. The van der Waals surface area contributed by atoms with E-state index in [1.54, 1.807) is 31.2 Å². The van der Waals surface area contributed by atoms with Crippen LogP contribution in [0.1, 0.15) is 33.3 Å². The van der Waals surface area contributed by atoms with Crippen LogP contribution in [0.4, 0.5) is 10.1 Å². The number of hydrogen-bond acceptors (Lipinski definition) is 4. The number of benzene rings is 2. The summed E-state index contributed by atoms with van der Waals surface area (Å²) in [5.74, 6) is -1.77. The fraction of sp³-hybridized carbons (Fsp3) is 0.391. The summed E-state index contributed by atoms with van der Waals surface area (Å²) in [5.41, 5.74) is 0.0292. The topological polar surface area (TPSA) is 86.8 Å². The molecule has 2 aromatic rings. The van der Waals surface area contributed by atoms with E-state index < -0.39 is 39.9 Å². The van der Waals surface area contributed by atoms with Crippen LogP contribution < -0.4 is 9.62 Å². The maximum atomic E-state index is 14.3. The van der Waals surface area contributed by atoms with Gasteiger partial charge in [-0.1, -0.05) is 42.5 Å². The van der Waals surface area contributed by atoms with Gasteiger partial charge in [-0.15, -0.1) is 0 Å². The number of halogens is 1. The van der Waals surface area contributed by atoms with E-state index in [4.69, 9.17) is 0 Å². The van der Waals surface area contributed by atoms with Gasteiger partial charge in [0.05, 0.1) is 11.9 Å². The highest BCUT2D eigenvalue weighted by Gasteiger charge is 2.32. The normalized spacial score (nSPS) is 12.7. The predicted molar refractivity (Wildman–Crippen MR) is 123 cm³/mol. The van der Waals surface area contributed by atoms with Gasteiger partial charge in [-0.25, -0.2) is 12.8 Å². The number of amides is 2. The molecule has 0 unspecified atom stereocenters. The molecule has 2 rings (SSSR count). The molecule has 32 heavy (non-hydrogen) atoms. The number of nitrogens with zero attached hydrogens (tertiary/aromatic N) is 2. The SMILES string of the molecule is C[C@H](C(=O)NC(C)(C)C)N(Cc1ccccc1)C(=O)CN(c1ccccc1F)S(C)(=O)=O. The van der Waals surface area contributed by atoms with Crippen molar-refractivity contribution in [3.05, 3.63) is 66.0 Å². The summed E-state index contributed by atoms with van der Waals surface area (Å²) in [6.45, 7) is 6.50. The highest BCUT2D eigenvalue weighted by Crippen LogP contribution is 2.22. The number of para-hydroxylation sites is 1. The molecule has 0 radical (unpaired) electrons. The minimum absolute atomic E-state index is 0.0906. The first kappa shape index (κ1) is 25.3. The summed E-state index contributed by atoms with van der Waals surface area (Å²) in [4.78, 5) is 27.4. The van der Waals surface area contributed by atoms with Crippen molar-refractivity contribution in [1.29, 1.82) is 0 Å². The summed E-state index contributed by atoms with van der Waals surface area (Å²) < 4.78 is 39.9. The van der Waals surface area contributed by atoms with Gasteiger partial charge in [0.25, 0.3) is 0 Å². The molecule has 0 heterocycles. The van der Waals surface area contributed by atoms with Crippen LogP contribution in [0.25, 0.3) is 0 Å². The maximum absolute atomic E-state index is 14.3. The maximum Gasteiger partial charge on any atom is 0.244 e. The van der Waals surface area contributed by atoms with Gasteiger partial charge in [0.15, 0.2) is 0 Å². The second kappa shape index (κ2) is 10.1.